The summed E-state index contributed by atoms with van der Waals surface area (Å²) in [4.78, 5) is 23.8. The number of ketones is 1. The fraction of sp³-hybridized carbons (Fsp3) is 0.733. The van der Waals surface area contributed by atoms with Gasteiger partial charge in [-0.2, -0.15) is 0 Å². The van der Waals surface area contributed by atoms with E-state index in [9.17, 15) is 14.7 Å². The smallest absolute Gasteiger partial charge is 0.306 e. The second-order valence-corrected chi connectivity index (χ2v) is 6.53. The van der Waals surface area contributed by atoms with Crippen molar-refractivity contribution in [3.05, 3.63) is 11.8 Å². The fourth-order valence-electron chi connectivity index (χ4n) is 4.28. The summed E-state index contributed by atoms with van der Waals surface area (Å²) < 4.78 is 5.46. The van der Waals surface area contributed by atoms with Crippen molar-refractivity contribution in [1.82, 2.24) is 0 Å². The van der Waals surface area contributed by atoms with Gasteiger partial charge >= 0.3 is 5.97 Å². The van der Waals surface area contributed by atoms with Crippen molar-refractivity contribution >= 4 is 11.8 Å². The molecule has 19 heavy (non-hydrogen) atoms. The van der Waals surface area contributed by atoms with Gasteiger partial charge in [-0.05, 0) is 43.1 Å². The minimum absolute atomic E-state index is 0.0387. The molecule has 0 aromatic rings. The van der Waals surface area contributed by atoms with Crippen LogP contribution in [0.15, 0.2) is 11.8 Å². The van der Waals surface area contributed by atoms with Gasteiger partial charge in [0.15, 0.2) is 5.76 Å². The van der Waals surface area contributed by atoms with E-state index in [0.717, 1.165) is 19.3 Å². The van der Waals surface area contributed by atoms with Gasteiger partial charge < -0.3 is 9.84 Å². The minimum atomic E-state index is -0.497. The normalized spacial score (nSPS) is 45.9. The van der Waals surface area contributed by atoms with Crippen LogP contribution in [-0.2, 0) is 14.3 Å². The summed E-state index contributed by atoms with van der Waals surface area (Å²) in [6.07, 6.45) is 4.33. The van der Waals surface area contributed by atoms with E-state index in [1.165, 1.54) is 0 Å². The summed E-state index contributed by atoms with van der Waals surface area (Å²) in [5, 5.41) is 9.82. The number of allylic oxidation sites excluding steroid dienone is 2. The van der Waals surface area contributed by atoms with E-state index >= 15 is 0 Å². The topological polar surface area (TPSA) is 63.6 Å². The van der Waals surface area contributed by atoms with Gasteiger partial charge in [-0.1, -0.05) is 13.8 Å². The Bertz CT molecular complexity index is 467. The van der Waals surface area contributed by atoms with Crippen LogP contribution in [0.1, 0.15) is 39.5 Å². The molecule has 5 atom stereocenters. The van der Waals surface area contributed by atoms with E-state index in [4.69, 9.17) is 4.74 Å². The maximum Gasteiger partial charge on any atom is 0.306 e. The van der Waals surface area contributed by atoms with Crippen LogP contribution in [0.4, 0.5) is 0 Å². The molecule has 3 aliphatic rings. The summed E-state index contributed by atoms with van der Waals surface area (Å²) in [5.74, 6) is 0.231. The Morgan fingerprint density at radius 1 is 1.42 bits per heavy atom. The second-order valence-electron chi connectivity index (χ2n) is 6.53. The molecule has 1 saturated carbocycles. The number of ether oxygens (including phenoxy) is 1. The number of aliphatic hydroxyl groups is 1. The van der Waals surface area contributed by atoms with Crippen LogP contribution >= 0.6 is 0 Å². The van der Waals surface area contributed by atoms with E-state index in [-0.39, 0.29) is 41.4 Å². The third-order valence-electron chi connectivity index (χ3n) is 5.33. The lowest BCUT2D eigenvalue weighted by atomic mass is 9.54. The van der Waals surface area contributed by atoms with Gasteiger partial charge in [0.25, 0.3) is 0 Å². The zero-order chi connectivity index (χ0) is 13.8. The molecular formula is C15H20O4. The minimum Gasteiger partial charge on any atom is -0.505 e. The van der Waals surface area contributed by atoms with Crippen molar-refractivity contribution in [3.8, 4) is 0 Å². The van der Waals surface area contributed by atoms with Crippen molar-refractivity contribution in [2.75, 3.05) is 0 Å². The molecule has 0 unspecified atom stereocenters. The molecule has 4 heteroatoms. The van der Waals surface area contributed by atoms with Crippen molar-refractivity contribution in [3.63, 3.8) is 0 Å². The molecular weight excluding hydrogens is 244 g/mol. The van der Waals surface area contributed by atoms with E-state index in [0.29, 0.717) is 6.42 Å². The van der Waals surface area contributed by atoms with Gasteiger partial charge in [0, 0.05) is 11.8 Å². The SMILES string of the molecule is C[C@H]1C=C(O)C(=O)[C@@]2(C)C[C@H]3CCC(=O)O[C@H]3C[C@H]12. The molecule has 1 heterocycles. The van der Waals surface area contributed by atoms with Crippen molar-refractivity contribution in [2.24, 2.45) is 23.2 Å². The largest absolute Gasteiger partial charge is 0.505 e. The molecule has 0 aromatic heterocycles. The lowest BCUT2D eigenvalue weighted by Crippen LogP contribution is -2.53. The molecule has 4 nitrogen and oxygen atoms in total. The Balaban J connectivity index is 1.93. The summed E-state index contributed by atoms with van der Waals surface area (Å²) in [6, 6.07) is 0. The first kappa shape index (κ1) is 12.7. The highest BCUT2D eigenvalue weighted by Crippen LogP contribution is 2.53. The number of rotatable bonds is 0. The number of Topliss-reactive ketones (excluding diaryl/α,β-unsaturated/α-hetero) is 1. The molecule has 1 N–H and O–H groups in total. The quantitative estimate of drug-likeness (QED) is 0.682. The van der Waals surface area contributed by atoms with Crippen LogP contribution in [-0.4, -0.2) is 23.0 Å². The van der Waals surface area contributed by atoms with E-state index in [1.807, 2.05) is 13.8 Å². The van der Waals surface area contributed by atoms with Gasteiger partial charge in [-0.25, -0.2) is 0 Å². The summed E-state index contributed by atoms with van der Waals surface area (Å²) >= 11 is 0. The molecule has 0 bridgehead atoms. The maximum atomic E-state index is 12.3. The maximum absolute atomic E-state index is 12.3. The Hall–Kier alpha value is -1.32. The van der Waals surface area contributed by atoms with Gasteiger partial charge in [0.2, 0.25) is 5.78 Å². The zero-order valence-electron chi connectivity index (χ0n) is 11.4. The molecule has 1 saturated heterocycles. The Kier molecular flexibility index (Phi) is 2.73. The van der Waals surface area contributed by atoms with E-state index < -0.39 is 5.41 Å². The summed E-state index contributed by atoms with van der Waals surface area (Å²) in [7, 11) is 0. The Morgan fingerprint density at radius 2 is 2.16 bits per heavy atom. The van der Waals surface area contributed by atoms with Gasteiger partial charge in [-0.15, -0.1) is 0 Å². The molecule has 0 aromatic carbocycles. The first-order valence-electron chi connectivity index (χ1n) is 7.07. The molecule has 2 fully saturated rings. The average molecular weight is 264 g/mol. The molecule has 0 radical (unpaired) electrons. The lowest BCUT2D eigenvalue weighted by Gasteiger charge is -2.51. The number of aliphatic hydroxyl groups excluding tert-OH is 1. The van der Waals surface area contributed by atoms with Crippen LogP contribution in [0.3, 0.4) is 0 Å². The number of fused-ring (bicyclic) bond motifs is 2. The lowest BCUT2D eigenvalue weighted by molar-refractivity contribution is -0.171. The number of esters is 1. The van der Waals surface area contributed by atoms with Gasteiger partial charge in [-0.3, -0.25) is 9.59 Å². The molecule has 0 amide bonds. The molecule has 104 valence electrons. The highest BCUT2D eigenvalue weighted by molar-refractivity contribution is 5.98. The highest BCUT2D eigenvalue weighted by atomic mass is 16.5. The first-order valence-corrected chi connectivity index (χ1v) is 7.07. The van der Waals surface area contributed by atoms with Crippen molar-refractivity contribution in [2.45, 2.75) is 45.6 Å². The zero-order valence-corrected chi connectivity index (χ0v) is 11.4. The third kappa shape index (κ3) is 1.80. The number of carbonyl (C=O) groups excluding carboxylic acids is 2. The second kappa shape index (κ2) is 4.09. The number of hydrogen-bond acceptors (Lipinski definition) is 4. The van der Waals surface area contributed by atoms with Crippen LogP contribution in [0.2, 0.25) is 0 Å². The first-order chi connectivity index (χ1) is 8.91. The highest BCUT2D eigenvalue weighted by Gasteiger charge is 2.55. The average Bonchev–Trinajstić information content (AvgIpc) is 2.36. The summed E-state index contributed by atoms with van der Waals surface area (Å²) in [5.41, 5.74) is -0.497. The molecule has 3 rings (SSSR count). The standard InChI is InChI=1S/C15H20O4/c1-8-5-11(16)14(18)15(2)7-9-3-4-13(17)19-12(9)6-10(8)15/h5,8-10,12,16H,3-4,6-7H2,1-2H3/t8-,9+,10+,12-,15-/m0/s1. The predicted octanol–water partition coefficient (Wildman–Crippen LogP) is 2.39. The van der Waals surface area contributed by atoms with Gasteiger partial charge in [0.1, 0.15) is 6.10 Å². The molecule has 0 spiro atoms. The van der Waals surface area contributed by atoms with Crippen LogP contribution in [0, 0.1) is 23.2 Å². The van der Waals surface area contributed by atoms with Crippen LogP contribution < -0.4 is 0 Å². The van der Waals surface area contributed by atoms with E-state index in [1.54, 1.807) is 6.08 Å². The molecule has 1 aliphatic heterocycles. The number of carbonyl (C=O) groups is 2. The third-order valence-corrected chi connectivity index (χ3v) is 5.33. The Morgan fingerprint density at radius 3 is 2.89 bits per heavy atom. The molecule has 2 aliphatic carbocycles. The summed E-state index contributed by atoms with van der Waals surface area (Å²) in [6.45, 7) is 3.99. The number of hydrogen-bond donors (Lipinski definition) is 1. The van der Waals surface area contributed by atoms with Crippen molar-refractivity contribution in [1.29, 1.82) is 0 Å². The Labute approximate surface area is 112 Å². The van der Waals surface area contributed by atoms with Gasteiger partial charge in [0.05, 0.1) is 0 Å². The van der Waals surface area contributed by atoms with Crippen LogP contribution in [0.5, 0.6) is 0 Å². The monoisotopic (exact) mass is 264 g/mol. The fourth-order valence-corrected chi connectivity index (χ4v) is 4.28. The van der Waals surface area contributed by atoms with Crippen molar-refractivity contribution < 1.29 is 19.4 Å². The predicted molar refractivity (Wildman–Crippen MR) is 68.3 cm³/mol. The van der Waals surface area contributed by atoms with Crippen LogP contribution in [0.25, 0.3) is 0 Å². The van der Waals surface area contributed by atoms with E-state index in [2.05, 4.69) is 0 Å².